The summed E-state index contributed by atoms with van der Waals surface area (Å²) in [4.78, 5) is 21.5. The molecule has 1 aromatic carbocycles. The molecule has 6 N–H and O–H groups in total. The fourth-order valence-electron chi connectivity index (χ4n) is 1.57. The Kier molecular flexibility index (Phi) is 4.89. The summed E-state index contributed by atoms with van der Waals surface area (Å²) < 4.78 is 0. The van der Waals surface area contributed by atoms with E-state index in [-0.39, 0.29) is 12.1 Å². The van der Waals surface area contributed by atoms with Crippen molar-refractivity contribution in [2.24, 2.45) is 0 Å². The maximum absolute atomic E-state index is 10.8. The van der Waals surface area contributed by atoms with Crippen LogP contribution in [0.3, 0.4) is 0 Å². The molecule has 1 rings (SSSR count). The third kappa shape index (κ3) is 3.59. The van der Waals surface area contributed by atoms with E-state index in [1.165, 1.54) is 6.92 Å². The zero-order valence-corrected chi connectivity index (χ0v) is 10.6. The number of nitrogens with one attached hydrogen (secondary N) is 1. The molecular formula is C12H15NO7. The van der Waals surface area contributed by atoms with E-state index in [9.17, 15) is 30.0 Å². The van der Waals surface area contributed by atoms with Crippen LogP contribution < -0.4 is 5.32 Å². The van der Waals surface area contributed by atoms with E-state index in [1.54, 1.807) is 0 Å². The Balaban J connectivity index is 3.02. The second-order valence-electron chi connectivity index (χ2n) is 4.18. The molecule has 0 saturated carbocycles. The van der Waals surface area contributed by atoms with Crippen molar-refractivity contribution < 1.29 is 35.1 Å². The summed E-state index contributed by atoms with van der Waals surface area (Å²) in [5, 5.41) is 49.5. The first-order valence-electron chi connectivity index (χ1n) is 5.63. The van der Waals surface area contributed by atoms with Crippen molar-refractivity contribution in [1.29, 1.82) is 0 Å². The minimum Gasteiger partial charge on any atom is -0.507 e. The Labute approximate surface area is 113 Å². The number of hydrogen-bond acceptors (Lipinski definition) is 6. The number of aromatic carboxylic acids is 1. The molecule has 0 aromatic heterocycles. The molecule has 0 bridgehead atoms. The average Bonchev–Trinajstić information content (AvgIpc) is 2.34. The van der Waals surface area contributed by atoms with Crippen LogP contribution in [0.2, 0.25) is 0 Å². The van der Waals surface area contributed by atoms with Crippen LogP contribution in [0.25, 0.3) is 0 Å². The van der Waals surface area contributed by atoms with E-state index in [0.29, 0.717) is 0 Å². The first-order chi connectivity index (χ1) is 9.23. The van der Waals surface area contributed by atoms with Gasteiger partial charge in [0, 0.05) is 25.1 Å². The van der Waals surface area contributed by atoms with Gasteiger partial charge >= 0.3 is 5.97 Å². The van der Waals surface area contributed by atoms with E-state index in [1.807, 2.05) is 0 Å². The van der Waals surface area contributed by atoms with Crippen molar-refractivity contribution in [3.8, 4) is 11.5 Å². The molecule has 0 saturated heterocycles. The highest BCUT2D eigenvalue weighted by Crippen LogP contribution is 2.32. The molecule has 2 atom stereocenters. The minimum absolute atomic E-state index is 0.266. The fourth-order valence-corrected chi connectivity index (χ4v) is 1.57. The van der Waals surface area contributed by atoms with Gasteiger partial charge in [-0.2, -0.15) is 0 Å². The molecule has 0 aliphatic rings. The molecule has 8 nitrogen and oxygen atoms in total. The first-order valence-corrected chi connectivity index (χ1v) is 5.63. The van der Waals surface area contributed by atoms with Gasteiger partial charge in [0.05, 0.1) is 0 Å². The molecule has 1 aromatic rings. The minimum atomic E-state index is -1.62. The number of carboxylic acids is 1. The van der Waals surface area contributed by atoms with Crippen molar-refractivity contribution in [2.45, 2.75) is 19.1 Å². The molecule has 0 radical (unpaired) electrons. The highest BCUT2D eigenvalue weighted by atomic mass is 16.4. The zero-order chi connectivity index (χ0) is 15.4. The zero-order valence-electron chi connectivity index (χ0n) is 10.6. The quantitative estimate of drug-likeness (QED) is 0.420. The standard InChI is InChI=1S/C12H15NO7/c1-5(14)13-4-10(17)11(18)6-2-7(12(19)20)9(16)3-8(6)15/h2-3,10-11,15-18H,4H2,1H3,(H,13,14)(H,19,20). The lowest BCUT2D eigenvalue weighted by atomic mass is 10.00. The Bertz CT molecular complexity index is 529. The molecule has 20 heavy (non-hydrogen) atoms. The topological polar surface area (TPSA) is 147 Å². The number of carboxylic acid groups (broad SMARTS) is 1. The number of rotatable bonds is 5. The third-order valence-electron chi connectivity index (χ3n) is 2.62. The predicted octanol–water partition coefficient (Wildman–Crippen LogP) is -0.674. The summed E-state index contributed by atoms with van der Waals surface area (Å²) in [7, 11) is 0. The number of aromatic hydroxyl groups is 2. The molecule has 0 heterocycles. The number of carbonyl (C=O) groups is 2. The summed E-state index contributed by atoms with van der Waals surface area (Å²) >= 11 is 0. The van der Waals surface area contributed by atoms with Gasteiger partial charge in [0.2, 0.25) is 5.91 Å². The van der Waals surface area contributed by atoms with Gasteiger partial charge in [0.1, 0.15) is 29.3 Å². The first kappa shape index (κ1) is 15.7. The highest BCUT2D eigenvalue weighted by molar-refractivity contribution is 5.91. The second kappa shape index (κ2) is 6.22. The molecule has 0 fully saturated rings. The number of hydrogen-bond donors (Lipinski definition) is 6. The molecule has 0 aliphatic carbocycles. The third-order valence-corrected chi connectivity index (χ3v) is 2.62. The lowest BCUT2D eigenvalue weighted by Gasteiger charge is -2.20. The lowest BCUT2D eigenvalue weighted by Crippen LogP contribution is -2.34. The summed E-state index contributed by atoms with van der Waals surface area (Å²) in [6, 6.07) is 1.61. The normalized spacial score (nSPS) is 13.6. The van der Waals surface area contributed by atoms with Gasteiger partial charge in [0.25, 0.3) is 0 Å². The molecule has 8 heteroatoms. The molecule has 110 valence electrons. The van der Waals surface area contributed by atoms with Crippen LogP contribution in [0, 0.1) is 0 Å². The number of carbonyl (C=O) groups excluding carboxylic acids is 1. The van der Waals surface area contributed by atoms with Crippen molar-refractivity contribution in [1.82, 2.24) is 5.32 Å². The van der Waals surface area contributed by atoms with Crippen LogP contribution in [0.5, 0.6) is 11.5 Å². The van der Waals surface area contributed by atoms with Gasteiger partial charge in [-0.15, -0.1) is 0 Å². The molecular weight excluding hydrogens is 270 g/mol. The molecule has 0 aliphatic heterocycles. The second-order valence-corrected chi connectivity index (χ2v) is 4.18. The van der Waals surface area contributed by atoms with Gasteiger partial charge in [-0.25, -0.2) is 4.79 Å². The van der Waals surface area contributed by atoms with Gasteiger partial charge < -0.3 is 30.8 Å². The average molecular weight is 285 g/mol. The Morgan fingerprint density at radius 1 is 1.20 bits per heavy atom. The van der Waals surface area contributed by atoms with Crippen LogP contribution in [0.15, 0.2) is 12.1 Å². The summed E-state index contributed by atoms with van der Waals surface area (Å²) in [5.41, 5.74) is -0.790. The lowest BCUT2D eigenvalue weighted by molar-refractivity contribution is -0.119. The van der Waals surface area contributed by atoms with E-state index in [2.05, 4.69) is 5.32 Å². The fraction of sp³-hybridized carbons (Fsp3) is 0.333. The van der Waals surface area contributed by atoms with Gasteiger partial charge in [0.15, 0.2) is 0 Å². The summed E-state index contributed by atoms with van der Waals surface area (Å²) in [6.07, 6.45) is -3.07. The molecule has 2 unspecified atom stereocenters. The van der Waals surface area contributed by atoms with Crippen LogP contribution >= 0.6 is 0 Å². The number of aliphatic hydroxyl groups is 2. The van der Waals surface area contributed by atoms with E-state index in [4.69, 9.17) is 5.11 Å². The molecule has 1 amide bonds. The SMILES string of the molecule is CC(=O)NCC(O)C(O)c1cc(C(=O)O)c(O)cc1O. The van der Waals surface area contributed by atoms with Crippen LogP contribution in [-0.2, 0) is 4.79 Å². The smallest absolute Gasteiger partial charge is 0.339 e. The number of phenols is 2. The van der Waals surface area contributed by atoms with E-state index >= 15 is 0 Å². The Hall–Kier alpha value is -2.32. The Morgan fingerprint density at radius 3 is 2.30 bits per heavy atom. The van der Waals surface area contributed by atoms with E-state index < -0.39 is 41.1 Å². The van der Waals surface area contributed by atoms with E-state index in [0.717, 1.165) is 12.1 Å². The van der Waals surface area contributed by atoms with Crippen molar-refractivity contribution in [2.75, 3.05) is 6.54 Å². The summed E-state index contributed by atoms with van der Waals surface area (Å²) in [6.45, 7) is 0.943. The van der Waals surface area contributed by atoms with Gasteiger partial charge in [-0.3, -0.25) is 4.79 Å². The van der Waals surface area contributed by atoms with Crippen LogP contribution in [-0.4, -0.2) is 50.1 Å². The number of amides is 1. The maximum atomic E-state index is 10.8. The number of phenolic OH excluding ortho intramolecular Hbond substituents is 1. The summed E-state index contributed by atoms with van der Waals surface area (Å²) in [5.74, 6) is -3.10. The number of aliphatic hydroxyl groups excluding tert-OH is 2. The van der Waals surface area contributed by atoms with Gasteiger partial charge in [-0.1, -0.05) is 0 Å². The maximum Gasteiger partial charge on any atom is 0.339 e. The Morgan fingerprint density at radius 2 is 1.80 bits per heavy atom. The van der Waals surface area contributed by atoms with Gasteiger partial charge in [-0.05, 0) is 6.07 Å². The van der Waals surface area contributed by atoms with Crippen LogP contribution in [0.4, 0.5) is 0 Å². The predicted molar refractivity (Wildman–Crippen MR) is 66.4 cm³/mol. The van der Waals surface area contributed by atoms with Crippen molar-refractivity contribution >= 4 is 11.9 Å². The van der Waals surface area contributed by atoms with Crippen LogP contribution in [0.1, 0.15) is 28.9 Å². The van der Waals surface area contributed by atoms with Crippen molar-refractivity contribution in [3.63, 3.8) is 0 Å². The number of benzene rings is 1. The monoisotopic (exact) mass is 285 g/mol. The highest BCUT2D eigenvalue weighted by Gasteiger charge is 2.24. The largest absolute Gasteiger partial charge is 0.507 e. The molecule has 0 spiro atoms. The van der Waals surface area contributed by atoms with Crippen molar-refractivity contribution in [3.05, 3.63) is 23.3 Å².